The Morgan fingerprint density at radius 1 is 1.07 bits per heavy atom. The zero-order valence-electron chi connectivity index (χ0n) is 18.9. The largest absolute Gasteiger partial charge is 0.492 e. The summed E-state index contributed by atoms with van der Waals surface area (Å²) in [5, 5.41) is 3.41. The number of halogens is 1. The number of unbranched alkanes of at least 4 members (excludes halogenated alkanes) is 2. The minimum Gasteiger partial charge on any atom is -0.492 e. The van der Waals surface area contributed by atoms with Crippen molar-refractivity contribution in [1.82, 2.24) is 0 Å². The molecule has 1 aromatic carbocycles. The van der Waals surface area contributed by atoms with Gasteiger partial charge in [0.05, 0.1) is 17.2 Å². The highest BCUT2D eigenvalue weighted by Gasteiger charge is 2.33. The lowest BCUT2D eigenvalue weighted by molar-refractivity contribution is -0.140. The molecule has 0 bridgehead atoms. The molecule has 0 heterocycles. The molecular weight excluding hydrogens is 390 g/mol. The van der Waals surface area contributed by atoms with Gasteiger partial charge in [0.15, 0.2) is 0 Å². The minimum absolute atomic E-state index is 0.145. The Kier molecular flexibility index (Phi) is 11.0. The molecule has 0 aliphatic carbocycles. The molecule has 1 N–H and O–H groups in total. The second-order valence-corrected chi connectivity index (χ2v) is 8.61. The summed E-state index contributed by atoms with van der Waals surface area (Å²) in [4.78, 5) is 12.9. The molecule has 0 aliphatic heterocycles. The monoisotopic (exact) mass is 427 g/mol. The molecule has 1 aromatic rings. The van der Waals surface area contributed by atoms with Crippen LogP contribution in [0.3, 0.4) is 0 Å². The predicted molar refractivity (Wildman–Crippen MR) is 120 cm³/mol. The lowest BCUT2D eigenvalue weighted by Crippen LogP contribution is -2.43. The molecule has 0 fully saturated rings. The Morgan fingerprint density at radius 2 is 1.79 bits per heavy atom. The van der Waals surface area contributed by atoms with Crippen LogP contribution in [-0.4, -0.2) is 37.4 Å². The van der Waals surface area contributed by atoms with E-state index in [1.165, 1.54) is 0 Å². The van der Waals surface area contributed by atoms with E-state index in [1.807, 2.05) is 27.7 Å². The van der Waals surface area contributed by atoms with Crippen LogP contribution in [0.15, 0.2) is 18.2 Å². The first kappa shape index (κ1) is 25.7. The van der Waals surface area contributed by atoms with Gasteiger partial charge in [0.1, 0.15) is 11.4 Å². The lowest BCUT2D eigenvalue weighted by atomic mass is 9.96. The van der Waals surface area contributed by atoms with E-state index in [0.717, 1.165) is 32.1 Å². The number of nitrogens with one attached hydrogen (secondary N) is 1. The highest BCUT2D eigenvalue weighted by Crippen LogP contribution is 2.30. The normalized spacial score (nSPS) is 13.8. The Morgan fingerprint density at radius 3 is 2.38 bits per heavy atom. The number of methoxy groups -OCH3 is 1. The van der Waals surface area contributed by atoms with Crippen molar-refractivity contribution in [2.24, 2.45) is 0 Å². The van der Waals surface area contributed by atoms with Gasteiger partial charge in [-0.25, -0.2) is 0 Å². The topological polar surface area (TPSA) is 56.8 Å². The molecule has 0 spiro atoms. The first-order chi connectivity index (χ1) is 13.7. The molecule has 29 heavy (non-hydrogen) atoms. The molecule has 5 nitrogen and oxygen atoms in total. The number of benzene rings is 1. The van der Waals surface area contributed by atoms with Gasteiger partial charge in [-0.1, -0.05) is 44.7 Å². The fourth-order valence-corrected chi connectivity index (χ4v) is 2.99. The highest BCUT2D eigenvalue weighted by atomic mass is 35.5. The molecule has 1 atom stereocenters. The van der Waals surface area contributed by atoms with Crippen LogP contribution in [0, 0.1) is 0 Å². The molecular formula is C23H38ClNO4. The third kappa shape index (κ3) is 8.93. The molecule has 0 saturated carbocycles. The summed E-state index contributed by atoms with van der Waals surface area (Å²) in [7, 11) is 1.69. The summed E-state index contributed by atoms with van der Waals surface area (Å²) in [6, 6.07) is 5.29. The maximum Gasteiger partial charge on any atom is 0.256 e. The minimum atomic E-state index is -0.849. The Bertz CT molecular complexity index is 635. The number of hydrogen-bond acceptors (Lipinski definition) is 4. The van der Waals surface area contributed by atoms with Gasteiger partial charge in [-0.3, -0.25) is 4.79 Å². The zero-order valence-corrected chi connectivity index (χ0v) is 19.7. The van der Waals surface area contributed by atoms with Crippen LogP contribution in [0.1, 0.15) is 73.1 Å². The molecule has 1 rings (SSSR count). The second-order valence-electron chi connectivity index (χ2n) is 8.20. The van der Waals surface area contributed by atoms with Crippen LogP contribution in [0.5, 0.6) is 5.75 Å². The zero-order chi connectivity index (χ0) is 21.9. The van der Waals surface area contributed by atoms with E-state index in [2.05, 4.69) is 12.2 Å². The number of anilines is 1. The molecule has 0 unspecified atom stereocenters. The van der Waals surface area contributed by atoms with Crippen molar-refractivity contribution in [3.05, 3.63) is 23.2 Å². The van der Waals surface area contributed by atoms with E-state index in [4.69, 9.17) is 25.8 Å². The average Bonchev–Trinajstić information content (AvgIpc) is 2.68. The van der Waals surface area contributed by atoms with Gasteiger partial charge < -0.3 is 19.5 Å². The summed E-state index contributed by atoms with van der Waals surface area (Å²) < 4.78 is 17.1. The van der Waals surface area contributed by atoms with Crippen molar-refractivity contribution in [3.8, 4) is 5.75 Å². The number of hydrogen-bond donors (Lipinski definition) is 1. The second kappa shape index (κ2) is 12.4. The van der Waals surface area contributed by atoms with E-state index < -0.39 is 5.60 Å². The van der Waals surface area contributed by atoms with Crippen molar-refractivity contribution in [1.29, 1.82) is 0 Å². The Hall–Kier alpha value is -1.30. The molecule has 166 valence electrons. The Labute approximate surface area is 181 Å². The third-order valence-electron chi connectivity index (χ3n) is 5.07. The highest BCUT2D eigenvalue weighted by molar-refractivity contribution is 6.32. The van der Waals surface area contributed by atoms with Gasteiger partial charge in [-0.05, 0) is 51.8 Å². The molecule has 0 aromatic heterocycles. The fraction of sp³-hybridized carbons (Fsp3) is 0.696. The van der Waals surface area contributed by atoms with Crippen LogP contribution in [0.4, 0.5) is 5.69 Å². The molecule has 0 radical (unpaired) electrons. The lowest BCUT2D eigenvalue weighted by Gasteiger charge is -2.29. The van der Waals surface area contributed by atoms with Gasteiger partial charge >= 0.3 is 0 Å². The van der Waals surface area contributed by atoms with Crippen molar-refractivity contribution in [2.45, 2.75) is 84.3 Å². The first-order valence-electron chi connectivity index (χ1n) is 10.6. The molecule has 6 heteroatoms. The van der Waals surface area contributed by atoms with E-state index in [0.29, 0.717) is 36.1 Å². The molecule has 0 saturated heterocycles. The molecule has 1 amide bonds. The SMILES string of the molecule is CCCCC[C@](C)(OCCC)C(=O)Nc1ccc(OCCC(C)(C)OC)c(Cl)c1. The first-order valence-corrected chi connectivity index (χ1v) is 11.0. The smallest absolute Gasteiger partial charge is 0.256 e. The summed E-state index contributed by atoms with van der Waals surface area (Å²) in [6.45, 7) is 11.1. The number of carbonyl (C=O) groups is 1. The summed E-state index contributed by atoms with van der Waals surface area (Å²) in [5.74, 6) is 0.443. The average molecular weight is 428 g/mol. The summed E-state index contributed by atoms with van der Waals surface area (Å²) >= 11 is 6.36. The van der Waals surface area contributed by atoms with Gasteiger partial charge in [0, 0.05) is 25.8 Å². The van der Waals surface area contributed by atoms with Crippen molar-refractivity contribution in [2.75, 3.05) is 25.6 Å². The fourth-order valence-electron chi connectivity index (χ4n) is 2.76. The van der Waals surface area contributed by atoms with Gasteiger partial charge in [0.2, 0.25) is 0 Å². The Balaban J connectivity index is 2.74. The quantitative estimate of drug-likeness (QED) is 0.357. The molecule has 0 aliphatic rings. The third-order valence-corrected chi connectivity index (χ3v) is 5.36. The maximum absolute atomic E-state index is 12.9. The number of carbonyl (C=O) groups excluding carboxylic acids is 1. The van der Waals surface area contributed by atoms with Crippen molar-refractivity contribution in [3.63, 3.8) is 0 Å². The van der Waals surface area contributed by atoms with Gasteiger partial charge in [-0.2, -0.15) is 0 Å². The van der Waals surface area contributed by atoms with Crippen LogP contribution in [0.2, 0.25) is 5.02 Å². The number of rotatable bonds is 14. The van der Waals surface area contributed by atoms with E-state index in [1.54, 1.807) is 25.3 Å². The number of ether oxygens (including phenoxy) is 3. The van der Waals surface area contributed by atoms with Crippen LogP contribution >= 0.6 is 11.6 Å². The van der Waals surface area contributed by atoms with Crippen molar-refractivity contribution < 1.29 is 19.0 Å². The van der Waals surface area contributed by atoms with E-state index in [-0.39, 0.29) is 11.5 Å². The van der Waals surface area contributed by atoms with Gasteiger partial charge in [0.25, 0.3) is 5.91 Å². The predicted octanol–water partition coefficient (Wildman–Crippen LogP) is 6.24. The van der Waals surface area contributed by atoms with Gasteiger partial charge in [-0.15, -0.1) is 0 Å². The maximum atomic E-state index is 12.9. The standard InChI is InChI=1S/C23H38ClNO4/c1-7-9-10-13-23(5,29-15-8-2)21(26)25-18-11-12-20(19(24)17-18)28-16-14-22(3,4)27-6/h11-12,17H,7-10,13-16H2,1-6H3,(H,25,26)/t23-/m0/s1. The van der Waals surface area contributed by atoms with E-state index in [9.17, 15) is 4.79 Å². The van der Waals surface area contributed by atoms with Crippen LogP contribution in [0.25, 0.3) is 0 Å². The summed E-state index contributed by atoms with van der Waals surface area (Å²) in [6.07, 6.45) is 5.43. The van der Waals surface area contributed by atoms with Crippen LogP contribution < -0.4 is 10.1 Å². The van der Waals surface area contributed by atoms with E-state index >= 15 is 0 Å². The van der Waals surface area contributed by atoms with Crippen molar-refractivity contribution >= 4 is 23.2 Å². The van der Waals surface area contributed by atoms with Crippen LogP contribution in [-0.2, 0) is 14.3 Å². The number of amides is 1. The summed E-state index contributed by atoms with van der Waals surface area (Å²) in [5.41, 5.74) is -0.467.